The smallest absolute Gasteiger partial charge is 0.300 e. The molecule has 3 atom stereocenters. The summed E-state index contributed by atoms with van der Waals surface area (Å²) in [4.78, 5) is 0. The van der Waals surface area contributed by atoms with Gasteiger partial charge in [-0.05, 0) is 0 Å². The summed E-state index contributed by atoms with van der Waals surface area (Å²) in [5.41, 5.74) is 0. The van der Waals surface area contributed by atoms with E-state index in [9.17, 15) is 4.39 Å². The van der Waals surface area contributed by atoms with Crippen molar-refractivity contribution < 1.29 is 24.4 Å². The molecule has 59 valence electrons. The summed E-state index contributed by atoms with van der Waals surface area (Å²) in [5.74, 6) is 0. The molecule has 4 nitrogen and oxygen atoms in total. The number of rotatable bonds is 1. The third-order valence-corrected chi connectivity index (χ3v) is 1.38. The Morgan fingerprint density at radius 2 is 2.10 bits per heavy atom. The van der Waals surface area contributed by atoms with Crippen LogP contribution >= 0.6 is 0 Å². The fourth-order valence-electron chi connectivity index (χ4n) is 0.767. The van der Waals surface area contributed by atoms with Crippen LogP contribution in [-0.2, 0) is 4.74 Å². The fourth-order valence-corrected chi connectivity index (χ4v) is 0.767. The van der Waals surface area contributed by atoms with Crippen molar-refractivity contribution in [2.45, 2.75) is 18.3 Å². The van der Waals surface area contributed by atoms with E-state index < -0.39 is 31.3 Å². The van der Waals surface area contributed by atoms with E-state index in [2.05, 4.69) is 4.74 Å². The van der Waals surface area contributed by atoms with Crippen molar-refractivity contribution in [3.63, 3.8) is 0 Å². The second-order valence-electron chi connectivity index (χ2n) is 2.08. The Labute approximate surface area is 56.9 Å². The van der Waals surface area contributed by atoms with Crippen LogP contribution in [0.4, 0.5) is 4.39 Å². The molecular weight excluding hydrogens is 143 g/mol. The molecule has 5 heteroatoms. The van der Waals surface area contributed by atoms with Gasteiger partial charge in [0.05, 0.1) is 6.61 Å². The molecule has 1 aliphatic heterocycles. The first-order valence-electron chi connectivity index (χ1n) is 2.83. The van der Waals surface area contributed by atoms with Crippen LogP contribution in [0.15, 0.2) is 0 Å². The van der Waals surface area contributed by atoms with E-state index in [4.69, 9.17) is 15.3 Å². The normalized spacial score (nSPS) is 42.6. The Kier molecular flexibility index (Phi) is 2.20. The minimum atomic E-state index is -1.61. The highest BCUT2D eigenvalue weighted by Crippen LogP contribution is 2.27. The van der Waals surface area contributed by atoms with Gasteiger partial charge in [0.15, 0.2) is 0 Å². The van der Waals surface area contributed by atoms with Gasteiger partial charge in [0.1, 0.15) is 18.3 Å². The van der Waals surface area contributed by atoms with E-state index in [0.29, 0.717) is 0 Å². The number of hydrogen-bond acceptors (Lipinski definition) is 4. The molecule has 0 saturated carbocycles. The maximum atomic E-state index is 12.2. The van der Waals surface area contributed by atoms with Gasteiger partial charge in [0.25, 0.3) is 0 Å². The third kappa shape index (κ3) is 1.13. The van der Waals surface area contributed by atoms with Crippen molar-refractivity contribution in [1.82, 2.24) is 0 Å². The summed E-state index contributed by atoms with van der Waals surface area (Å²) < 4.78 is 16.4. The van der Waals surface area contributed by atoms with Crippen LogP contribution in [0.2, 0.25) is 0 Å². The summed E-state index contributed by atoms with van der Waals surface area (Å²) in [5, 5.41) is 25.9. The van der Waals surface area contributed by atoms with Crippen molar-refractivity contribution in [1.29, 1.82) is 0 Å². The van der Waals surface area contributed by atoms with Crippen LogP contribution in [0.25, 0.3) is 0 Å². The predicted molar refractivity (Wildman–Crippen MR) is 28.3 cm³/mol. The number of aliphatic hydroxyl groups excluding tert-OH is 3. The standard InChI is InChI=1S/C5H8FO4/c6-5-4(9)3(8)2(1-7)10-5/h2-4,7-9H,1H2/t2-,3-,4-/m1/s1. The summed E-state index contributed by atoms with van der Waals surface area (Å²) in [6.45, 7) is -0.508. The largest absolute Gasteiger partial charge is 0.394 e. The third-order valence-electron chi connectivity index (χ3n) is 1.38. The number of ether oxygens (including phenoxy) is 1. The maximum absolute atomic E-state index is 12.2. The zero-order valence-electron chi connectivity index (χ0n) is 5.07. The lowest BCUT2D eigenvalue weighted by Crippen LogP contribution is -2.32. The van der Waals surface area contributed by atoms with Crippen molar-refractivity contribution in [3.05, 3.63) is 6.36 Å². The van der Waals surface area contributed by atoms with Gasteiger partial charge in [0.2, 0.25) is 0 Å². The highest BCUT2D eigenvalue weighted by atomic mass is 19.1. The summed E-state index contributed by atoms with van der Waals surface area (Å²) in [6.07, 6.45) is -5.14. The van der Waals surface area contributed by atoms with Crippen molar-refractivity contribution in [2.24, 2.45) is 0 Å². The lowest BCUT2D eigenvalue weighted by molar-refractivity contribution is -0.0160. The minimum absolute atomic E-state index is 0.508. The maximum Gasteiger partial charge on any atom is 0.300 e. The number of halogens is 1. The molecule has 0 aromatic carbocycles. The molecular formula is C5H8FO4. The van der Waals surface area contributed by atoms with Gasteiger partial charge in [-0.3, -0.25) is 0 Å². The van der Waals surface area contributed by atoms with E-state index in [-0.39, 0.29) is 0 Å². The molecule has 1 rings (SSSR count). The van der Waals surface area contributed by atoms with Gasteiger partial charge in [-0.2, -0.15) is 0 Å². The van der Waals surface area contributed by atoms with Crippen molar-refractivity contribution in [2.75, 3.05) is 6.61 Å². The van der Waals surface area contributed by atoms with E-state index in [1.165, 1.54) is 0 Å². The predicted octanol–water partition coefficient (Wildman–Crippen LogP) is -1.44. The Hall–Kier alpha value is -0.230. The van der Waals surface area contributed by atoms with E-state index in [0.717, 1.165) is 0 Å². The van der Waals surface area contributed by atoms with Gasteiger partial charge >= 0.3 is 6.36 Å². The van der Waals surface area contributed by atoms with Gasteiger partial charge < -0.3 is 20.1 Å². The highest BCUT2D eigenvalue weighted by molar-refractivity contribution is 4.94. The van der Waals surface area contributed by atoms with Crippen molar-refractivity contribution in [3.8, 4) is 0 Å². The Bertz CT molecular complexity index is 120. The molecule has 10 heavy (non-hydrogen) atoms. The second kappa shape index (κ2) is 2.79. The first kappa shape index (κ1) is 7.87. The Morgan fingerprint density at radius 3 is 2.30 bits per heavy atom. The fraction of sp³-hybridized carbons (Fsp3) is 0.800. The van der Waals surface area contributed by atoms with Gasteiger partial charge in [-0.15, -0.1) is 0 Å². The molecule has 1 radical (unpaired) electrons. The number of hydrogen-bond donors (Lipinski definition) is 3. The van der Waals surface area contributed by atoms with Gasteiger partial charge in [-0.25, -0.2) is 4.39 Å². The molecule has 1 fully saturated rings. The molecule has 0 aliphatic carbocycles. The van der Waals surface area contributed by atoms with Crippen LogP contribution in [0.1, 0.15) is 0 Å². The molecule has 0 amide bonds. The molecule has 0 unspecified atom stereocenters. The lowest BCUT2D eigenvalue weighted by Gasteiger charge is -2.09. The summed E-state index contributed by atoms with van der Waals surface area (Å²) in [6, 6.07) is 0. The minimum Gasteiger partial charge on any atom is -0.394 e. The molecule has 0 aromatic heterocycles. The quantitative estimate of drug-likeness (QED) is 0.429. The Morgan fingerprint density at radius 1 is 1.50 bits per heavy atom. The van der Waals surface area contributed by atoms with Gasteiger partial charge in [-0.1, -0.05) is 0 Å². The Balaban J connectivity index is 2.53. The van der Waals surface area contributed by atoms with Crippen LogP contribution < -0.4 is 0 Å². The van der Waals surface area contributed by atoms with Crippen LogP contribution in [0.5, 0.6) is 0 Å². The zero-order chi connectivity index (χ0) is 7.72. The molecule has 0 bridgehead atoms. The van der Waals surface area contributed by atoms with Crippen LogP contribution in [-0.4, -0.2) is 40.2 Å². The van der Waals surface area contributed by atoms with E-state index in [1.807, 2.05) is 0 Å². The lowest BCUT2D eigenvalue weighted by atomic mass is 10.1. The average Bonchev–Trinajstić information content (AvgIpc) is 2.17. The molecule has 0 spiro atoms. The monoisotopic (exact) mass is 151 g/mol. The first-order valence-corrected chi connectivity index (χ1v) is 2.83. The van der Waals surface area contributed by atoms with Crippen LogP contribution in [0.3, 0.4) is 0 Å². The molecule has 1 saturated heterocycles. The van der Waals surface area contributed by atoms with Gasteiger partial charge in [0, 0.05) is 0 Å². The molecule has 0 aromatic rings. The summed E-state index contributed by atoms with van der Waals surface area (Å²) in [7, 11) is 0. The zero-order valence-corrected chi connectivity index (χ0v) is 5.07. The molecule has 1 aliphatic rings. The highest BCUT2D eigenvalue weighted by Gasteiger charge is 2.44. The number of aliphatic hydroxyl groups is 3. The molecule has 3 N–H and O–H groups in total. The van der Waals surface area contributed by atoms with Crippen molar-refractivity contribution >= 4 is 0 Å². The van der Waals surface area contributed by atoms with Crippen LogP contribution in [0, 0.1) is 6.36 Å². The average molecular weight is 151 g/mol. The molecule has 1 heterocycles. The first-order chi connectivity index (χ1) is 4.66. The SMILES string of the molecule is OC[C@H]1O[C](F)[C@H](O)[C@@H]1O. The second-order valence-corrected chi connectivity index (χ2v) is 2.08. The van der Waals surface area contributed by atoms with E-state index in [1.54, 1.807) is 0 Å². The topological polar surface area (TPSA) is 69.9 Å². The summed E-state index contributed by atoms with van der Waals surface area (Å²) >= 11 is 0. The van der Waals surface area contributed by atoms with E-state index >= 15 is 0 Å².